The van der Waals surface area contributed by atoms with E-state index in [0.29, 0.717) is 6.54 Å². The lowest BCUT2D eigenvalue weighted by atomic mass is 9.97. The van der Waals surface area contributed by atoms with Crippen LogP contribution in [0.1, 0.15) is 32.1 Å². The molecule has 4 nitrogen and oxygen atoms in total. The molecule has 110 valence electrons. The largest absolute Gasteiger partial charge is 0.354 e. The van der Waals surface area contributed by atoms with Gasteiger partial charge < -0.3 is 9.88 Å². The Morgan fingerprint density at radius 3 is 3.05 bits per heavy atom. The van der Waals surface area contributed by atoms with Gasteiger partial charge in [0.1, 0.15) is 6.54 Å². The molecule has 4 heteroatoms. The van der Waals surface area contributed by atoms with Gasteiger partial charge in [0.05, 0.1) is 17.4 Å². The van der Waals surface area contributed by atoms with E-state index in [9.17, 15) is 4.79 Å². The molecule has 1 aromatic heterocycles. The quantitative estimate of drug-likeness (QED) is 0.857. The van der Waals surface area contributed by atoms with Gasteiger partial charge in [-0.3, -0.25) is 4.79 Å². The maximum atomic E-state index is 12.0. The van der Waals surface area contributed by atoms with E-state index in [0.717, 1.165) is 24.0 Å². The normalized spacial score (nSPS) is 15.0. The summed E-state index contributed by atoms with van der Waals surface area (Å²) < 4.78 is 1.89. The van der Waals surface area contributed by atoms with Crippen molar-refractivity contribution in [1.29, 1.82) is 0 Å². The number of nitrogens with one attached hydrogen (secondary N) is 1. The summed E-state index contributed by atoms with van der Waals surface area (Å²) in [6.45, 7) is 1.07. The van der Waals surface area contributed by atoms with Crippen molar-refractivity contribution in [3.8, 4) is 0 Å². The monoisotopic (exact) mass is 283 g/mol. The number of hydrogen-bond acceptors (Lipinski definition) is 2. The van der Waals surface area contributed by atoms with E-state index in [1.165, 1.54) is 31.3 Å². The van der Waals surface area contributed by atoms with Crippen molar-refractivity contribution in [2.45, 2.75) is 38.6 Å². The van der Waals surface area contributed by atoms with Gasteiger partial charge >= 0.3 is 0 Å². The molecular weight excluding hydrogens is 262 g/mol. The smallest absolute Gasteiger partial charge is 0.240 e. The number of aromatic nitrogens is 2. The Morgan fingerprint density at radius 2 is 2.19 bits per heavy atom. The molecule has 0 fully saturated rings. The van der Waals surface area contributed by atoms with Crippen molar-refractivity contribution in [2.24, 2.45) is 0 Å². The van der Waals surface area contributed by atoms with Crippen LogP contribution in [0.5, 0.6) is 0 Å². The van der Waals surface area contributed by atoms with Crippen molar-refractivity contribution in [3.63, 3.8) is 0 Å². The van der Waals surface area contributed by atoms with Crippen LogP contribution in [0.15, 0.2) is 42.2 Å². The summed E-state index contributed by atoms with van der Waals surface area (Å²) in [7, 11) is 0. The van der Waals surface area contributed by atoms with Crippen molar-refractivity contribution in [2.75, 3.05) is 6.54 Å². The van der Waals surface area contributed by atoms with Crippen molar-refractivity contribution in [3.05, 3.63) is 42.2 Å². The summed E-state index contributed by atoms with van der Waals surface area (Å²) >= 11 is 0. The molecule has 0 unspecified atom stereocenters. The first-order chi connectivity index (χ1) is 10.3. The summed E-state index contributed by atoms with van der Waals surface area (Å²) in [5.74, 6) is 0.0505. The van der Waals surface area contributed by atoms with Gasteiger partial charge in [0, 0.05) is 6.54 Å². The highest BCUT2D eigenvalue weighted by atomic mass is 16.1. The van der Waals surface area contributed by atoms with Gasteiger partial charge in [0.25, 0.3) is 0 Å². The number of imidazole rings is 1. The molecular formula is C17H21N3O. The van der Waals surface area contributed by atoms with E-state index in [1.807, 2.05) is 28.8 Å². The number of carbonyl (C=O) groups excluding carboxylic acids is 1. The lowest BCUT2D eigenvalue weighted by Gasteiger charge is -2.13. The molecule has 1 N–H and O–H groups in total. The van der Waals surface area contributed by atoms with Crippen LogP contribution in [-0.4, -0.2) is 22.0 Å². The average Bonchev–Trinajstić information content (AvgIpc) is 2.92. The fourth-order valence-electron chi connectivity index (χ4n) is 2.84. The fourth-order valence-corrected chi connectivity index (χ4v) is 2.84. The minimum Gasteiger partial charge on any atom is -0.354 e. The van der Waals surface area contributed by atoms with Crippen LogP contribution in [-0.2, 0) is 11.3 Å². The van der Waals surface area contributed by atoms with Crippen LogP contribution in [0, 0.1) is 0 Å². The lowest BCUT2D eigenvalue weighted by Crippen LogP contribution is -2.28. The van der Waals surface area contributed by atoms with Gasteiger partial charge in [-0.25, -0.2) is 4.98 Å². The van der Waals surface area contributed by atoms with E-state index < -0.39 is 0 Å². The predicted octanol–water partition coefficient (Wildman–Crippen LogP) is 3.04. The first kappa shape index (κ1) is 13.9. The number of benzene rings is 1. The number of rotatable bonds is 5. The van der Waals surface area contributed by atoms with Gasteiger partial charge in [0.2, 0.25) is 5.91 Å². The maximum absolute atomic E-state index is 12.0. The second-order valence-corrected chi connectivity index (χ2v) is 5.57. The highest BCUT2D eigenvalue weighted by Gasteiger charge is 2.07. The van der Waals surface area contributed by atoms with E-state index in [-0.39, 0.29) is 5.91 Å². The number of allylic oxidation sites excluding steroid dienone is 1. The molecule has 0 atom stereocenters. The van der Waals surface area contributed by atoms with Crippen LogP contribution in [0.25, 0.3) is 11.0 Å². The Hall–Kier alpha value is -2.10. The second-order valence-electron chi connectivity index (χ2n) is 5.57. The number of nitrogens with zero attached hydrogens (tertiary/aromatic N) is 2. The molecule has 0 saturated heterocycles. The average molecular weight is 283 g/mol. The molecule has 0 radical (unpaired) electrons. The molecule has 0 saturated carbocycles. The topological polar surface area (TPSA) is 46.9 Å². The van der Waals surface area contributed by atoms with E-state index in [2.05, 4.69) is 16.4 Å². The highest BCUT2D eigenvalue weighted by Crippen LogP contribution is 2.19. The third-order valence-electron chi connectivity index (χ3n) is 3.99. The molecule has 0 aliphatic heterocycles. The molecule has 21 heavy (non-hydrogen) atoms. The molecule has 1 aliphatic carbocycles. The molecule has 1 aromatic carbocycles. The number of hydrogen-bond donors (Lipinski definition) is 1. The molecule has 1 heterocycles. The third-order valence-corrected chi connectivity index (χ3v) is 3.99. The number of para-hydroxylation sites is 2. The highest BCUT2D eigenvalue weighted by molar-refractivity contribution is 5.80. The Balaban J connectivity index is 1.51. The SMILES string of the molecule is O=C(Cn1cnc2ccccc21)NCCC1=CCCCC1. The molecule has 2 aromatic rings. The minimum atomic E-state index is 0.0505. The summed E-state index contributed by atoms with van der Waals surface area (Å²) in [5, 5.41) is 3.00. The second kappa shape index (κ2) is 6.57. The molecule has 3 rings (SSSR count). The van der Waals surface area contributed by atoms with Crippen LogP contribution in [0.4, 0.5) is 0 Å². The van der Waals surface area contributed by atoms with E-state index in [1.54, 1.807) is 6.33 Å². The minimum absolute atomic E-state index is 0.0505. The first-order valence-electron chi connectivity index (χ1n) is 7.67. The van der Waals surface area contributed by atoms with Gasteiger partial charge in [-0.05, 0) is 44.2 Å². The molecule has 0 spiro atoms. The lowest BCUT2D eigenvalue weighted by molar-refractivity contribution is -0.121. The summed E-state index contributed by atoms with van der Waals surface area (Å²) in [5.41, 5.74) is 3.43. The van der Waals surface area contributed by atoms with Crippen LogP contribution in [0.3, 0.4) is 0 Å². The zero-order valence-electron chi connectivity index (χ0n) is 12.2. The summed E-state index contributed by atoms with van der Waals surface area (Å²) in [6, 6.07) is 7.87. The standard InChI is InChI=1S/C17H21N3O/c21-17(18-11-10-14-6-2-1-3-7-14)12-20-13-19-15-8-4-5-9-16(15)20/h4-6,8-9,13H,1-3,7,10-12H2,(H,18,21). The van der Waals surface area contributed by atoms with Crippen molar-refractivity contribution in [1.82, 2.24) is 14.9 Å². The van der Waals surface area contributed by atoms with Crippen LogP contribution >= 0.6 is 0 Å². The van der Waals surface area contributed by atoms with Gasteiger partial charge in [-0.2, -0.15) is 0 Å². The number of fused-ring (bicyclic) bond motifs is 1. The zero-order valence-corrected chi connectivity index (χ0v) is 12.2. The van der Waals surface area contributed by atoms with Crippen molar-refractivity contribution >= 4 is 16.9 Å². The summed E-state index contributed by atoms with van der Waals surface area (Å²) in [6.07, 6.45) is 10.0. The summed E-state index contributed by atoms with van der Waals surface area (Å²) in [4.78, 5) is 16.3. The Kier molecular flexibility index (Phi) is 4.34. The first-order valence-corrected chi connectivity index (χ1v) is 7.67. The van der Waals surface area contributed by atoms with Crippen LogP contribution < -0.4 is 5.32 Å². The third kappa shape index (κ3) is 3.51. The maximum Gasteiger partial charge on any atom is 0.240 e. The van der Waals surface area contributed by atoms with Gasteiger partial charge in [-0.15, -0.1) is 0 Å². The zero-order chi connectivity index (χ0) is 14.5. The fraction of sp³-hybridized carbons (Fsp3) is 0.412. The van der Waals surface area contributed by atoms with Crippen molar-refractivity contribution < 1.29 is 4.79 Å². The molecule has 1 amide bonds. The molecule has 1 aliphatic rings. The number of carbonyl (C=O) groups is 1. The Morgan fingerprint density at radius 1 is 1.29 bits per heavy atom. The molecule has 0 bridgehead atoms. The predicted molar refractivity (Wildman–Crippen MR) is 83.9 cm³/mol. The Labute approximate surface area is 124 Å². The Bertz CT molecular complexity index is 657. The van der Waals surface area contributed by atoms with Gasteiger partial charge in [-0.1, -0.05) is 23.8 Å². The van der Waals surface area contributed by atoms with E-state index in [4.69, 9.17) is 0 Å². The number of amides is 1. The van der Waals surface area contributed by atoms with Crippen LogP contribution in [0.2, 0.25) is 0 Å². The van der Waals surface area contributed by atoms with E-state index >= 15 is 0 Å². The van der Waals surface area contributed by atoms with Gasteiger partial charge in [0.15, 0.2) is 0 Å².